The lowest BCUT2D eigenvalue weighted by molar-refractivity contribution is -0.141. The summed E-state index contributed by atoms with van der Waals surface area (Å²) in [7, 11) is 1.59. The highest BCUT2D eigenvalue weighted by Crippen LogP contribution is 2.40. The Morgan fingerprint density at radius 2 is 1.80 bits per heavy atom. The molecule has 2 aromatic rings. The predicted octanol–water partition coefficient (Wildman–Crippen LogP) is 4.25. The highest BCUT2D eigenvalue weighted by atomic mass is 79.9. The molecule has 0 bridgehead atoms. The molecule has 0 aliphatic carbocycles. The fourth-order valence-electron chi connectivity index (χ4n) is 4.04. The second kappa shape index (κ2) is 8.30. The molecule has 0 radical (unpaired) electrons. The first-order valence-corrected chi connectivity index (χ1v) is 10.8. The molecule has 2 aliphatic heterocycles. The minimum absolute atomic E-state index is 0.0584. The molecule has 0 N–H and O–H groups in total. The van der Waals surface area contributed by atoms with Crippen LogP contribution in [0.25, 0.3) is 0 Å². The predicted molar refractivity (Wildman–Crippen MR) is 115 cm³/mol. The van der Waals surface area contributed by atoms with E-state index in [0.29, 0.717) is 55.2 Å². The summed E-state index contributed by atoms with van der Waals surface area (Å²) in [5.41, 5.74) is 0.0275. The van der Waals surface area contributed by atoms with Gasteiger partial charge < -0.3 is 19.1 Å². The Kier molecular flexibility index (Phi) is 5.73. The molecule has 2 aromatic carbocycles. The molecule has 2 heterocycles. The number of carbonyl (C=O) groups excluding carboxylic acids is 2. The number of halogens is 1. The summed E-state index contributed by atoms with van der Waals surface area (Å²) in [5, 5.41) is 0. The van der Waals surface area contributed by atoms with Crippen LogP contribution in [0, 0.1) is 0 Å². The minimum Gasteiger partial charge on any atom is -0.497 e. The van der Waals surface area contributed by atoms with E-state index < -0.39 is 11.7 Å². The molecule has 2 aliphatic rings. The minimum atomic E-state index is -0.584. The van der Waals surface area contributed by atoms with Crippen LogP contribution >= 0.6 is 15.9 Å². The van der Waals surface area contributed by atoms with Crippen molar-refractivity contribution >= 4 is 27.6 Å². The largest absolute Gasteiger partial charge is 0.497 e. The number of ketones is 1. The molecule has 0 aromatic heterocycles. The number of amides is 1. The summed E-state index contributed by atoms with van der Waals surface area (Å²) in [4.78, 5) is 27.3. The Labute approximate surface area is 184 Å². The van der Waals surface area contributed by atoms with Crippen molar-refractivity contribution in [3.8, 4) is 17.2 Å². The second-order valence-electron chi connectivity index (χ2n) is 7.79. The van der Waals surface area contributed by atoms with Gasteiger partial charge in [0.15, 0.2) is 11.9 Å². The molecule has 158 valence electrons. The quantitative estimate of drug-likeness (QED) is 0.663. The summed E-state index contributed by atoms with van der Waals surface area (Å²) >= 11 is 3.39. The number of nitrogens with zero attached hydrogens (tertiary/aromatic N) is 1. The summed E-state index contributed by atoms with van der Waals surface area (Å²) in [6.45, 7) is 2.82. The van der Waals surface area contributed by atoms with Crippen LogP contribution in [0.2, 0.25) is 0 Å². The van der Waals surface area contributed by atoms with E-state index >= 15 is 0 Å². The van der Waals surface area contributed by atoms with E-state index in [-0.39, 0.29) is 11.7 Å². The van der Waals surface area contributed by atoms with Crippen molar-refractivity contribution in [1.29, 1.82) is 0 Å². The lowest BCUT2D eigenvalue weighted by Crippen LogP contribution is -2.54. The number of fused-ring (bicyclic) bond motifs is 1. The molecule has 1 amide bonds. The molecular weight excluding hydrogens is 450 g/mol. The van der Waals surface area contributed by atoms with Gasteiger partial charge in [-0.25, -0.2) is 0 Å². The normalized spacial score (nSPS) is 18.4. The highest BCUT2D eigenvalue weighted by molar-refractivity contribution is 9.10. The maximum atomic E-state index is 12.9. The van der Waals surface area contributed by atoms with Gasteiger partial charge in [-0.15, -0.1) is 0 Å². The van der Waals surface area contributed by atoms with E-state index in [4.69, 9.17) is 14.2 Å². The van der Waals surface area contributed by atoms with Gasteiger partial charge in [0.2, 0.25) is 0 Å². The van der Waals surface area contributed by atoms with E-state index in [1.807, 2.05) is 24.3 Å². The fraction of sp³-hybridized carbons (Fsp3) is 0.391. The van der Waals surface area contributed by atoms with Crippen molar-refractivity contribution in [2.75, 3.05) is 20.2 Å². The molecule has 30 heavy (non-hydrogen) atoms. The van der Waals surface area contributed by atoms with Crippen LogP contribution in [0.5, 0.6) is 17.2 Å². The van der Waals surface area contributed by atoms with Gasteiger partial charge in [-0.1, -0.05) is 15.9 Å². The molecule has 1 atom stereocenters. The molecule has 6 nitrogen and oxygen atoms in total. The molecule has 0 saturated carbocycles. The lowest BCUT2D eigenvalue weighted by atomic mass is 9.82. The Hall–Kier alpha value is -2.54. The number of likely N-dealkylation sites (tertiary alicyclic amines) is 1. The van der Waals surface area contributed by atoms with E-state index in [2.05, 4.69) is 15.9 Å². The molecule has 1 fully saturated rings. The van der Waals surface area contributed by atoms with Crippen LogP contribution in [0.3, 0.4) is 0 Å². The number of rotatable bonds is 4. The number of ether oxygens (including phenoxy) is 3. The number of carbonyl (C=O) groups is 2. The maximum absolute atomic E-state index is 12.9. The third-order valence-corrected chi connectivity index (χ3v) is 6.29. The topological polar surface area (TPSA) is 65.1 Å². The van der Waals surface area contributed by atoms with E-state index in [1.165, 1.54) is 0 Å². The van der Waals surface area contributed by atoms with Gasteiger partial charge in [-0.2, -0.15) is 0 Å². The molecule has 7 heteroatoms. The summed E-state index contributed by atoms with van der Waals surface area (Å²) in [6.07, 6.45) is 0.955. The van der Waals surface area contributed by atoms with Crippen LogP contribution in [0.15, 0.2) is 46.9 Å². The highest BCUT2D eigenvalue weighted by Gasteiger charge is 2.44. The Morgan fingerprint density at radius 1 is 1.13 bits per heavy atom. The SMILES string of the molecule is COc1ccc2c(c1)OC1(CCN(C(=O)C(C)Oc3ccc(Br)cc3)CC1)CC2=O. The standard InChI is InChI=1S/C23H24BrNO5/c1-15(29-17-5-3-16(24)4-6-17)22(27)25-11-9-23(10-12-25)14-20(26)19-8-7-18(28-2)13-21(19)30-23/h3-8,13,15H,9-12,14H2,1-2H3. The number of hydrogen-bond donors (Lipinski definition) is 0. The molecule has 1 spiro atoms. The van der Waals surface area contributed by atoms with Gasteiger partial charge in [0.1, 0.15) is 22.8 Å². The zero-order valence-electron chi connectivity index (χ0n) is 17.0. The van der Waals surface area contributed by atoms with Crippen molar-refractivity contribution in [3.63, 3.8) is 0 Å². The lowest BCUT2D eigenvalue weighted by Gasteiger charge is -2.44. The second-order valence-corrected chi connectivity index (χ2v) is 8.70. The van der Waals surface area contributed by atoms with Crippen LogP contribution in [-0.2, 0) is 4.79 Å². The van der Waals surface area contributed by atoms with Crippen LogP contribution in [0.1, 0.15) is 36.5 Å². The third kappa shape index (κ3) is 4.17. The molecular formula is C23H24BrNO5. The smallest absolute Gasteiger partial charge is 0.263 e. The van der Waals surface area contributed by atoms with Gasteiger partial charge in [0.25, 0.3) is 5.91 Å². The van der Waals surface area contributed by atoms with Gasteiger partial charge in [-0.05, 0) is 43.3 Å². The molecule has 4 rings (SSSR count). The van der Waals surface area contributed by atoms with Gasteiger partial charge in [0.05, 0.1) is 19.1 Å². The van der Waals surface area contributed by atoms with Crippen molar-refractivity contribution in [1.82, 2.24) is 4.90 Å². The fourth-order valence-corrected chi connectivity index (χ4v) is 4.30. The summed E-state index contributed by atoms with van der Waals surface area (Å²) in [6, 6.07) is 12.7. The number of benzene rings is 2. The number of hydrogen-bond acceptors (Lipinski definition) is 5. The van der Waals surface area contributed by atoms with Crippen molar-refractivity contribution in [2.45, 2.75) is 37.9 Å². The van der Waals surface area contributed by atoms with Gasteiger partial charge in [0, 0.05) is 36.5 Å². The van der Waals surface area contributed by atoms with Crippen molar-refractivity contribution in [3.05, 3.63) is 52.5 Å². The summed E-state index contributed by atoms with van der Waals surface area (Å²) < 4.78 is 18.3. The molecule has 1 saturated heterocycles. The first-order chi connectivity index (χ1) is 14.4. The van der Waals surface area contributed by atoms with E-state index in [9.17, 15) is 9.59 Å². The number of piperidine rings is 1. The zero-order chi connectivity index (χ0) is 21.3. The zero-order valence-corrected chi connectivity index (χ0v) is 18.6. The Bertz CT molecular complexity index is 951. The van der Waals surface area contributed by atoms with Gasteiger partial charge in [-0.3, -0.25) is 9.59 Å². The first kappa shape index (κ1) is 20.7. The maximum Gasteiger partial charge on any atom is 0.263 e. The van der Waals surface area contributed by atoms with Crippen molar-refractivity contribution in [2.24, 2.45) is 0 Å². The third-order valence-electron chi connectivity index (χ3n) is 5.76. The number of methoxy groups -OCH3 is 1. The van der Waals surface area contributed by atoms with Gasteiger partial charge >= 0.3 is 0 Å². The Balaban J connectivity index is 1.40. The molecule has 1 unspecified atom stereocenters. The Morgan fingerprint density at radius 3 is 2.47 bits per heavy atom. The summed E-state index contributed by atoms with van der Waals surface area (Å²) in [5.74, 6) is 1.89. The van der Waals surface area contributed by atoms with E-state index in [1.54, 1.807) is 37.1 Å². The first-order valence-electron chi connectivity index (χ1n) is 10.0. The average molecular weight is 474 g/mol. The average Bonchev–Trinajstić information content (AvgIpc) is 2.75. The van der Waals surface area contributed by atoms with Crippen LogP contribution < -0.4 is 14.2 Å². The number of Topliss-reactive ketones (excluding diaryl/α,β-unsaturated/α-hetero) is 1. The van der Waals surface area contributed by atoms with E-state index in [0.717, 1.165) is 4.47 Å². The van der Waals surface area contributed by atoms with Crippen LogP contribution in [0.4, 0.5) is 0 Å². The monoisotopic (exact) mass is 473 g/mol. The van der Waals surface area contributed by atoms with Crippen molar-refractivity contribution < 1.29 is 23.8 Å². The van der Waals surface area contributed by atoms with Crippen LogP contribution in [-0.4, -0.2) is 48.5 Å².